The van der Waals surface area contributed by atoms with Crippen LogP contribution in [0.1, 0.15) is 13.8 Å². The van der Waals surface area contributed by atoms with Gasteiger partial charge in [0.25, 0.3) is 0 Å². The Bertz CT molecular complexity index is 445. The number of isocyanates is 2. The van der Waals surface area contributed by atoms with Gasteiger partial charge in [-0.3, -0.25) is 0 Å². The molecule has 0 bridgehead atoms. The lowest BCUT2D eigenvalue weighted by atomic mass is 10.1. The summed E-state index contributed by atoms with van der Waals surface area (Å²) in [5.74, 6) is 0.274. The summed E-state index contributed by atoms with van der Waals surface area (Å²) >= 11 is 0. The number of hydrogen-bond acceptors (Lipinski definition) is 8. The van der Waals surface area contributed by atoms with Crippen LogP contribution in [0.4, 0.5) is 0 Å². The van der Waals surface area contributed by atoms with Gasteiger partial charge in [-0.1, -0.05) is 13.8 Å². The van der Waals surface area contributed by atoms with E-state index in [1.165, 1.54) is 12.2 Å². The van der Waals surface area contributed by atoms with E-state index < -0.39 is 0 Å². The van der Waals surface area contributed by atoms with Crippen molar-refractivity contribution in [3.05, 3.63) is 0 Å². The van der Waals surface area contributed by atoms with Crippen molar-refractivity contribution < 1.29 is 28.5 Å². The minimum atomic E-state index is -0.139. The van der Waals surface area contributed by atoms with Crippen molar-refractivity contribution in [1.29, 1.82) is 0 Å². The second-order valence-electron chi connectivity index (χ2n) is 6.41. The molecule has 0 saturated carbocycles. The van der Waals surface area contributed by atoms with E-state index in [9.17, 15) is 9.59 Å². The SMILES string of the molecule is CC(CN=C=O)CO[C@@H]1COC2C1OC[C@H]2OCC(C)CN=C=O. The third-order valence-electron chi connectivity index (χ3n) is 4.09. The summed E-state index contributed by atoms with van der Waals surface area (Å²) in [5, 5.41) is 0. The maximum Gasteiger partial charge on any atom is 0.234 e. The first-order valence-corrected chi connectivity index (χ1v) is 8.19. The second kappa shape index (κ2) is 9.79. The molecular formula is C16H24N2O6. The standard InChI is InChI=1S/C16H24N2O6/c1-11(3-17-9-19)5-21-13-7-23-16-14(8-24-15(13)16)22-6-12(2)4-18-10-20/h11-16H,3-8H2,1-2H3/t11?,12?,13-,14-,15?,16?/m1/s1. The van der Waals surface area contributed by atoms with Crippen LogP contribution in [-0.4, -0.2) is 76.1 Å². The Morgan fingerprint density at radius 3 is 1.71 bits per heavy atom. The van der Waals surface area contributed by atoms with Crippen LogP contribution in [0, 0.1) is 11.8 Å². The highest BCUT2D eigenvalue weighted by Gasteiger charge is 2.49. The zero-order chi connectivity index (χ0) is 17.4. The first-order valence-electron chi connectivity index (χ1n) is 8.19. The van der Waals surface area contributed by atoms with Gasteiger partial charge in [0, 0.05) is 0 Å². The number of nitrogens with zero attached hydrogens (tertiary/aromatic N) is 2. The van der Waals surface area contributed by atoms with Crippen molar-refractivity contribution in [3.8, 4) is 0 Å². The average molecular weight is 340 g/mol. The fraction of sp³-hybridized carbons (Fsp3) is 0.875. The Kier molecular flexibility index (Phi) is 7.72. The summed E-state index contributed by atoms with van der Waals surface area (Å²) in [6, 6.07) is 0. The normalized spacial score (nSPS) is 30.9. The average Bonchev–Trinajstić information content (AvgIpc) is 3.16. The number of carbonyl (C=O) groups excluding carboxylic acids is 2. The largest absolute Gasteiger partial charge is 0.373 e. The van der Waals surface area contributed by atoms with Gasteiger partial charge in [0.2, 0.25) is 12.2 Å². The molecular weight excluding hydrogens is 316 g/mol. The summed E-state index contributed by atoms with van der Waals surface area (Å²) in [7, 11) is 0. The van der Waals surface area contributed by atoms with E-state index in [0.29, 0.717) is 39.5 Å². The Morgan fingerprint density at radius 2 is 1.33 bits per heavy atom. The molecule has 8 nitrogen and oxygen atoms in total. The van der Waals surface area contributed by atoms with Gasteiger partial charge in [-0.2, -0.15) is 0 Å². The highest BCUT2D eigenvalue weighted by Crippen LogP contribution is 2.31. The van der Waals surface area contributed by atoms with Gasteiger partial charge in [-0.25, -0.2) is 19.6 Å². The van der Waals surface area contributed by atoms with Crippen LogP contribution >= 0.6 is 0 Å². The molecule has 6 atom stereocenters. The predicted molar refractivity (Wildman–Crippen MR) is 83.3 cm³/mol. The summed E-state index contributed by atoms with van der Waals surface area (Å²) in [4.78, 5) is 27.3. The smallest absolute Gasteiger partial charge is 0.234 e. The molecule has 2 heterocycles. The first-order chi connectivity index (χ1) is 11.7. The molecule has 0 amide bonds. The molecule has 0 spiro atoms. The highest BCUT2D eigenvalue weighted by molar-refractivity contribution is 5.33. The highest BCUT2D eigenvalue weighted by atomic mass is 16.6. The van der Waals surface area contributed by atoms with E-state index in [4.69, 9.17) is 18.9 Å². The van der Waals surface area contributed by atoms with Crippen LogP contribution < -0.4 is 0 Å². The van der Waals surface area contributed by atoms with Crippen molar-refractivity contribution in [2.45, 2.75) is 38.3 Å². The molecule has 0 aromatic rings. The van der Waals surface area contributed by atoms with E-state index >= 15 is 0 Å². The Labute approximate surface area is 141 Å². The molecule has 0 N–H and O–H groups in total. The number of rotatable bonds is 10. The molecule has 8 heteroatoms. The molecule has 134 valence electrons. The van der Waals surface area contributed by atoms with Gasteiger partial charge in [0.05, 0.1) is 39.5 Å². The summed E-state index contributed by atoms with van der Waals surface area (Å²) in [6.07, 6.45) is 2.51. The number of hydrogen-bond donors (Lipinski definition) is 0. The molecule has 2 rings (SSSR count). The van der Waals surface area contributed by atoms with E-state index in [1.807, 2.05) is 13.8 Å². The van der Waals surface area contributed by atoms with Crippen LogP contribution in [0.2, 0.25) is 0 Å². The fourth-order valence-corrected chi connectivity index (χ4v) is 2.78. The maximum atomic E-state index is 10.1. The second-order valence-corrected chi connectivity index (χ2v) is 6.41. The van der Waals surface area contributed by atoms with Crippen LogP contribution in [0.5, 0.6) is 0 Å². The zero-order valence-electron chi connectivity index (χ0n) is 14.1. The monoisotopic (exact) mass is 340 g/mol. The third kappa shape index (κ3) is 5.31. The Morgan fingerprint density at radius 1 is 0.917 bits per heavy atom. The molecule has 2 aliphatic rings. The minimum absolute atomic E-state index is 0.136. The molecule has 0 radical (unpaired) electrons. The van der Waals surface area contributed by atoms with E-state index in [2.05, 4.69) is 9.98 Å². The predicted octanol–water partition coefficient (Wildman–Crippen LogP) is 0.498. The quantitative estimate of drug-likeness (QED) is 0.424. The van der Waals surface area contributed by atoms with Gasteiger partial charge in [0.15, 0.2) is 0 Å². The number of fused-ring (bicyclic) bond motifs is 1. The number of ether oxygens (including phenoxy) is 4. The first kappa shape index (κ1) is 18.9. The number of aliphatic imine (C=N–C) groups is 2. The lowest BCUT2D eigenvalue weighted by Crippen LogP contribution is -2.35. The van der Waals surface area contributed by atoms with Crippen molar-refractivity contribution in [2.24, 2.45) is 21.8 Å². The molecule has 4 unspecified atom stereocenters. The van der Waals surface area contributed by atoms with Crippen molar-refractivity contribution in [3.63, 3.8) is 0 Å². The summed E-state index contributed by atoms with van der Waals surface area (Å²) in [5.41, 5.74) is 0. The third-order valence-corrected chi connectivity index (χ3v) is 4.09. The van der Waals surface area contributed by atoms with Crippen LogP contribution in [0.15, 0.2) is 9.98 Å². The molecule has 24 heavy (non-hydrogen) atoms. The van der Waals surface area contributed by atoms with E-state index in [1.54, 1.807) is 0 Å². The van der Waals surface area contributed by atoms with Crippen LogP contribution in [0.25, 0.3) is 0 Å². The molecule has 2 fully saturated rings. The molecule has 0 aromatic heterocycles. The topological polar surface area (TPSA) is 95.8 Å². The fourth-order valence-electron chi connectivity index (χ4n) is 2.78. The van der Waals surface area contributed by atoms with Gasteiger partial charge < -0.3 is 18.9 Å². The van der Waals surface area contributed by atoms with Gasteiger partial charge in [0.1, 0.15) is 24.4 Å². The molecule has 0 aromatic carbocycles. The molecule has 2 saturated heterocycles. The van der Waals surface area contributed by atoms with Gasteiger partial charge >= 0.3 is 0 Å². The van der Waals surface area contributed by atoms with E-state index in [-0.39, 0.29) is 36.3 Å². The zero-order valence-corrected chi connectivity index (χ0v) is 14.1. The van der Waals surface area contributed by atoms with Crippen LogP contribution in [-0.2, 0) is 28.5 Å². The molecule has 0 aliphatic carbocycles. The van der Waals surface area contributed by atoms with Gasteiger partial charge in [-0.15, -0.1) is 0 Å². The lowest BCUT2D eigenvalue weighted by Gasteiger charge is -2.19. The minimum Gasteiger partial charge on any atom is -0.373 e. The van der Waals surface area contributed by atoms with Crippen molar-refractivity contribution in [1.82, 2.24) is 0 Å². The molecule has 2 aliphatic heterocycles. The van der Waals surface area contributed by atoms with Crippen LogP contribution in [0.3, 0.4) is 0 Å². The van der Waals surface area contributed by atoms with Gasteiger partial charge in [-0.05, 0) is 11.8 Å². The van der Waals surface area contributed by atoms with Crippen molar-refractivity contribution in [2.75, 3.05) is 39.5 Å². The lowest BCUT2D eigenvalue weighted by molar-refractivity contribution is -0.0588. The Hall–Kier alpha value is -1.40. The summed E-state index contributed by atoms with van der Waals surface area (Å²) < 4.78 is 23.3. The summed E-state index contributed by atoms with van der Waals surface area (Å²) in [6.45, 7) is 6.61. The van der Waals surface area contributed by atoms with Crippen molar-refractivity contribution >= 4 is 12.2 Å². The maximum absolute atomic E-state index is 10.1. The van der Waals surface area contributed by atoms with E-state index in [0.717, 1.165) is 0 Å². The Balaban J connectivity index is 1.73.